The standard InChI is InChI=1S/C10H3Br4NO2/c11-6-2-7(12)9(14)5(8(6)13)1-4(3-15)10(16)17/h1-2H,(H,16,17)/b4-1+. The molecule has 0 fully saturated rings. The Morgan fingerprint density at radius 2 is 1.71 bits per heavy atom. The van der Waals surface area contributed by atoms with Crippen LogP contribution in [0.5, 0.6) is 0 Å². The van der Waals surface area contributed by atoms with Crippen LogP contribution in [0.3, 0.4) is 0 Å². The number of carboxylic acids is 1. The summed E-state index contributed by atoms with van der Waals surface area (Å²) in [5.41, 5.74) is 0.238. The monoisotopic (exact) mass is 485 g/mol. The van der Waals surface area contributed by atoms with Gasteiger partial charge in [0.05, 0.1) is 0 Å². The predicted molar refractivity (Wildman–Crippen MR) is 78.5 cm³/mol. The lowest BCUT2D eigenvalue weighted by molar-refractivity contribution is -0.132. The Bertz CT molecular complexity index is 534. The Morgan fingerprint density at radius 1 is 1.24 bits per heavy atom. The lowest BCUT2D eigenvalue weighted by Gasteiger charge is -2.07. The molecule has 1 N–H and O–H groups in total. The van der Waals surface area contributed by atoms with Crippen LogP contribution in [0.2, 0.25) is 0 Å². The molecule has 0 aliphatic rings. The summed E-state index contributed by atoms with van der Waals surface area (Å²) >= 11 is 13.3. The van der Waals surface area contributed by atoms with Crippen molar-refractivity contribution in [2.75, 3.05) is 0 Å². The number of carboxylic acid groups (broad SMARTS) is 1. The minimum absolute atomic E-state index is 0.337. The molecule has 17 heavy (non-hydrogen) atoms. The molecule has 88 valence electrons. The Balaban J connectivity index is 3.53. The van der Waals surface area contributed by atoms with Gasteiger partial charge in [-0.25, -0.2) is 4.79 Å². The van der Waals surface area contributed by atoms with Gasteiger partial charge < -0.3 is 5.11 Å². The summed E-state index contributed by atoms with van der Waals surface area (Å²) in [6.07, 6.45) is 1.30. The van der Waals surface area contributed by atoms with Crippen LogP contribution in [0.1, 0.15) is 5.56 Å². The lowest BCUT2D eigenvalue weighted by Crippen LogP contribution is -1.98. The number of benzene rings is 1. The third-order valence-corrected chi connectivity index (χ3v) is 5.81. The van der Waals surface area contributed by atoms with Gasteiger partial charge in [0.15, 0.2) is 0 Å². The summed E-state index contributed by atoms with van der Waals surface area (Å²) in [6.45, 7) is 0. The molecular weight excluding hydrogens is 486 g/mol. The van der Waals surface area contributed by atoms with E-state index < -0.39 is 5.97 Å². The van der Waals surface area contributed by atoms with Crippen molar-refractivity contribution >= 4 is 75.8 Å². The summed E-state index contributed by atoms with van der Waals surface area (Å²) in [4.78, 5) is 10.8. The van der Waals surface area contributed by atoms with E-state index in [9.17, 15) is 4.79 Å². The van der Waals surface area contributed by atoms with E-state index >= 15 is 0 Å². The number of nitriles is 1. The second-order valence-corrected chi connectivity index (χ2v) is 6.15. The summed E-state index contributed by atoms with van der Waals surface area (Å²) < 4.78 is 2.84. The smallest absolute Gasteiger partial charge is 0.346 e. The molecule has 1 aromatic carbocycles. The van der Waals surface area contributed by atoms with Crippen molar-refractivity contribution < 1.29 is 9.90 Å². The number of halogens is 4. The number of aliphatic carboxylic acids is 1. The third-order valence-electron chi connectivity index (χ3n) is 1.79. The first-order valence-corrected chi connectivity index (χ1v) is 7.23. The van der Waals surface area contributed by atoms with Crippen LogP contribution in [0.15, 0.2) is 29.5 Å². The minimum Gasteiger partial charge on any atom is -0.477 e. The van der Waals surface area contributed by atoms with Gasteiger partial charge in [0.2, 0.25) is 0 Å². The van der Waals surface area contributed by atoms with E-state index in [0.717, 1.165) is 8.95 Å². The number of carbonyl (C=O) groups is 1. The molecule has 0 heterocycles. The predicted octanol–water partition coefficient (Wildman–Crippen LogP) is 4.73. The topological polar surface area (TPSA) is 61.1 Å². The highest BCUT2D eigenvalue weighted by atomic mass is 79.9. The van der Waals surface area contributed by atoms with Crippen LogP contribution in [0.25, 0.3) is 6.08 Å². The van der Waals surface area contributed by atoms with Gasteiger partial charge in [-0.15, -0.1) is 0 Å². The van der Waals surface area contributed by atoms with E-state index in [-0.39, 0.29) is 5.57 Å². The van der Waals surface area contributed by atoms with Gasteiger partial charge in [0.1, 0.15) is 11.6 Å². The Morgan fingerprint density at radius 3 is 2.06 bits per heavy atom. The second-order valence-electron chi connectivity index (χ2n) is 2.86. The van der Waals surface area contributed by atoms with E-state index in [4.69, 9.17) is 10.4 Å². The second kappa shape index (κ2) is 6.14. The summed E-state index contributed by atoms with van der Waals surface area (Å²) in [5, 5.41) is 17.5. The lowest BCUT2D eigenvalue weighted by atomic mass is 10.1. The first kappa shape index (κ1) is 14.9. The molecule has 0 radical (unpaired) electrons. The molecule has 0 aliphatic carbocycles. The number of hydrogen-bond acceptors (Lipinski definition) is 2. The fourth-order valence-electron chi connectivity index (χ4n) is 1.00. The van der Waals surface area contributed by atoms with Crippen LogP contribution in [0.4, 0.5) is 0 Å². The molecule has 0 spiro atoms. The highest BCUT2D eigenvalue weighted by molar-refractivity contribution is 9.14. The van der Waals surface area contributed by atoms with Gasteiger partial charge in [-0.05, 0) is 75.9 Å². The number of hydrogen-bond donors (Lipinski definition) is 1. The zero-order valence-corrected chi connectivity index (χ0v) is 14.3. The van der Waals surface area contributed by atoms with Crippen molar-refractivity contribution in [3.8, 4) is 6.07 Å². The van der Waals surface area contributed by atoms with Crippen molar-refractivity contribution in [1.82, 2.24) is 0 Å². The molecular formula is C10H3Br4NO2. The third kappa shape index (κ3) is 3.41. The Hall–Kier alpha value is -0.160. The van der Waals surface area contributed by atoms with Crippen molar-refractivity contribution in [1.29, 1.82) is 5.26 Å². The molecule has 0 aromatic heterocycles. The van der Waals surface area contributed by atoms with Gasteiger partial charge in [0.25, 0.3) is 0 Å². The zero-order chi connectivity index (χ0) is 13.2. The highest BCUT2D eigenvalue weighted by Gasteiger charge is 2.14. The van der Waals surface area contributed by atoms with Crippen LogP contribution < -0.4 is 0 Å². The average Bonchev–Trinajstić information content (AvgIpc) is 2.26. The van der Waals surface area contributed by atoms with Gasteiger partial charge in [-0.1, -0.05) is 0 Å². The maximum absolute atomic E-state index is 10.8. The molecule has 1 rings (SSSR count). The quantitative estimate of drug-likeness (QED) is 0.372. The van der Waals surface area contributed by atoms with E-state index in [0.29, 0.717) is 14.5 Å². The van der Waals surface area contributed by atoms with E-state index in [2.05, 4.69) is 63.7 Å². The fraction of sp³-hybridized carbons (Fsp3) is 0. The minimum atomic E-state index is -1.26. The van der Waals surface area contributed by atoms with Crippen LogP contribution in [0, 0.1) is 11.3 Å². The molecule has 0 amide bonds. The molecule has 3 nitrogen and oxygen atoms in total. The number of rotatable bonds is 2. The first-order valence-electron chi connectivity index (χ1n) is 4.06. The fourth-order valence-corrected chi connectivity index (χ4v) is 3.32. The Labute approximate surface area is 131 Å². The van der Waals surface area contributed by atoms with Gasteiger partial charge in [-0.2, -0.15) is 5.26 Å². The van der Waals surface area contributed by atoms with E-state index in [1.54, 1.807) is 12.1 Å². The van der Waals surface area contributed by atoms with E-state index in [1.165, 1.54) is 6.08 Å². The van der Waals surface area contributed by atoms with Crippen LogP contribution in [-0.2, 0) is 4.79 Å². The molecule has 7 heteroatoms. The molecule has 0 bridgehead atoms. The molecule has 0 unspecified atom stereocenters. The molecule has 1 aromatic rings. The summed E-state index contributed by atoms with van der Waals surface area (Å²) in [6, 6.07) is 3.44. The van der Waals surface area contributed by atoms with Crippen molar-refractivity contribution in [3.63, 3.8) is 0 Å². The van der Waals surface area contributed by atoms with E-state index in [1.807, 2.05) is 0 Å². The molecule has 0 atom stereocenters. The Kier molecular flexibility index (Phi) is 5.38. The van der Waals surface area contributed by atoms with Gasteiger partial charge in [0, 0.05) is 23.5 Å². The molecule has 0 saturated carbocycles. The van der Waals surface area contributed by atoms with Gasteiger partial charge >= 0.3 is 5.97 Å². The average molecular weight is 489 g/mol. The molecule has 0 aliphatic heterocycles. The van der Waals surface area contributed by atoms with Gasteiger partial charge in [-0.3, -0.25) is 0 Å². The summed E-state index contributed by atoms with van der Waals surface area (Å²) in [5.74, 6) is -1.26. The largest absolute Gasteiger partial charge is 0.477 e. The molecule has 0 saturated heterocycles. The zero-order valence-electron chi connectivity index (χ0n) is 7.97. The maximum Gasteiger partial charge on any atom is 0.346 e. The van der Waals surface area contributed by atoms with Crippen molar-refractivity contribution in [3.05, 3.63) is 35.1 Å². The normalized spacial score (nSPS) is 11.1. The van der Waals surface area contributed by atoms with Crippen molar-refractivity contribution in [2.24, 2.45) is 0 Å². The number of nitrogens with zero attached hydrogens (tertiary/aromatic N) is 1. The van der Waals surface area contributed by atoms with Crippen LogP contribution in [-0.4, -0.2) is 11.1 Å². The SMILES string of the molecule is N#C/C(=C\c1c(Br)c(Br)cc(Br)c1Br)C(=O)O. The highest BCUT2D eigenvalue weighted by Crippen LogP contribution is 2.38. The summed E-state index contributed by atoms with van der Waals surface area (Å²) in [7, 11) is 0. The van der Waals surface area contributed by atoms with Crippen molar-refractivity contribution in [2.45, 2.75) is 0 Å². The van der Waals surface area contributed by atoms with Crippen LogP contribution >= 0.6 is 63.7 Å². The first-order chi connectivity index (χ1) is 7.88. The maximum atomic E-state index is 10.8.